The molecule has 21 heavy (non-hydrogen) atoms. The lowest BCUT2D eigenvalue weighted by Crippen LogP contribution is -2.26. The summed E-state index contributed by atoms with van der Waals surface area (Å²) in [7, 11) is -1.87. The molecule has 7 heteroatoms. The van der Waals surface area contributed by atoms with Crippen LogP contribution < -0.4 is 4.72 Å². The van der Waals surface area contributed by atoms with Crippen LogP contribution >= 0.6 is 11.3 Å². The highest BCUT2D eigenvalue weighted by atomic mass is 32.2. The van der Waals surface area contributed by atoms with Gasteiger partial charge in [0.1, 0.15) is 4.90 Å². The molecule has 1 aromatic carbocycles. The highest BCUT2D eigenvalue weighted by Gasteiger charge is 2.21. The lowest BCUT2D eigenvalue weighted by atomic mass is 10.1. The van der Waals surface area contributed by atoms with Gasteiger partial charge in [-0.3, -0.25) is 4.68 Å². The van der Waals surface area contributed by atoms with Gasteiger partial charge in [0, 0.05) is 24.0 Å². The Kier molecular flexibility index (Phi) is 3.56. The first kappa shape index (κ1) is 14.2. The molecule has 0 saturated heterocycles. The Morgan fingerprint density at radius 1 is 1.33 bits per heavy atom. The summed E-state index contributed by atoms with van der Waals surface area (Å²) in [6.07, 6.45) is 2.83. The van der Waals surface area contributed by atoms with Gasteiger partial charge in [-0.05, 0) is 29.3 Å². The third kappa shape index (κ3) is 2.72. The van der Waals surface area contributed by atoms with Crippen molar-refractivity contribution in [2.45, 2.75) is 17.9 Å². The Balaban J connectivity index is 1.91. The van der Waals surface area contributed by atoms with Gasteiger partial charge in [0.25, 0.3) is 0 Å². The number of rotatable bonds is 4. The van der Waals surface area contributed by atoms with Gasteiger partial charge < -0.3 is 0 Å². The molecule has 3 aromatic rings. The number of benzene rings is 1. The molecule has 0 radical (unpaired) electrons. The minimum Gasteiger partial charge on any atom is -0.274 e. The number of fused-ring (bicyclic) bond motifs is 1. The molecule has 110 valence electrons. The standard InChI is InChI=1S/C14H15N3O2S2/c1-10(13-9-20-14-6-4-3-5-12(13)14)16-21(18,19)11-7-15-17(2)8-11/h3-10,16H,1-2H3/t10-/m0/s1. The summed E-state index contributed by atoms with van der Waals surface area (Å²) in [6, 6.07) is 7.68. The van der Waals surface area contributed by atoms with Crippen LogP contribution in [0, 0.1) is 0 Å². The molecule has 0 unspecified atom stereocenters. The number of aromatic nitrogens is 2. The topological polar surface area (TPSA) is 64.0 Å². The van der Waals surface area contributed by atoms with Crippen LogP contribution in [0.25, 0.3) is 10.1 Å². The summed E-state index contributed by atoms with van der Waals surface area (Å²) >= 11 is 1.62. The van der Waals surface area contributed by atoms with Crippen molar-refractivity contribution in [1.82, 2.24) is 14.5 Å². The molecule has 0 aliphatic heterocycles. The maximum absolute atomic E-state index is 12.3. The highest BCUT2D eigenvalue weighted by molar-refractivity contribution is 7.89. The quantitative estimate of drug-likeness (QED) is 0.803. The fourth-order valence-corrected chi connectivity index (χ4v) is 4.50. The van der Waals surface area contributed by atoms with Gasteiger partial charge in [0.15, 0.2) is 0 Å². The zero-order chi connectivity index (χ0) is 15.0. The van der Waals surface area contributed by atoms with E-state index >= 15 is 0 Å². The van der Waals surface area contributed by atoms with Crippen molar-refractivity contribution < 1.29 is 8.42 Å². The van der Waals surface area contributed by atoms with Crippen LogP contribution in [-0.2, 0) is 17.1 Å². The average molecular weight is 321 g/mol. The molecule has 3 rings (SSSR count). The minimum absolute atomic E-state index is 0.177. The van der Waals surface area contributed by atoms with Crippen LogP contribution in [0.1, 0.15) is 18.5 Å². The lowest BCUT2D eigenvalue weighted by Gasteiger charge is -2.13. The van der Waals surface area contributed by atoms with Gasteiger partial charge in [0.2, 0.25) is 10.0 Å². The molecule has 2 aromatic heterocycles. The van der Waals surface area contributed by atoms with E-state index in [0.717, 1.165) is 15.6 Å². The first-order chi connectivity index (χ1) is 9.97. The molecular weight excluding hydrogens is 306 g/mol. The fourth-order valence-electron chi connectivity index (χ4n) is 2.24. The molecule has 0 amide bonds. The van der Waals surface area contributed by atoms with E-state index in [0.29, 0.717) is 0 Å². The second kappa shape index (κ2) is 5.25. The second-order valence-corrected chi connectivity index (χ2v) is 7.51. The first-order valence-corrected chi connectivity index (χ1v) is 8.81. The zero-order valence-corrected chi connectivity index (χ0v) is 13.3. The van der Waals surface area contributed by atoms with Crippen molar-refractivity contribution >= 4 is 31.4 Å². The maximum Gasteiger partial charge on any atom is 0.244 e. The van der Waals surface area contributed by atoms with Crippen LogP contribution in [0.2, 0.25) is 0 Å². The predicted octanol–water partition coefficient (Wildman–Crippen LogP) is 2.67. The van der Waals surface area contributed by atoms with Crippen LogP contribution in [-0.4, -0.2) is 18.2 Å². The monoisotopic (exact) mass is 321 g/mol. The number of sulfonamides is 1. The molecule has 0 aliphatic carbocycles. The van der Waals surface area contributed by atoms with Crippen molar-refractivity contribution in [3.8, 4) is 0 Å². The van der Waals surface area contributed by atoms with Gasteiger partial charge >= 0.3 is 0 Å². The fraction of sp³-hybridized carbons (Fsp3) is 0.214. The molecule has 0 spiro atoms. The third-order valence-electron chi connectivity index (χ3n) is 3.30. The summed E-state index contributed by atoms with van der Waals surface area (Å²) in [6.45, 7) is 1.85. The Hall–Kier alpha value is -1.70. The SMILES string of the molecule is C[C@H](NS(=O)(=O)c1cnn(C)c1)c1csc2ccccc12. The van der Waals surface area contributed by atoms with Gasteiger partial charge in [-0.2, -0.15) is 5.10 Å². The second-order valence-electron chi connectivity index (χ2n) is 4.88. The molecule has 2 heterocycles. The number of thiophene rings is 1. The van der Waals surface area contributed by atoms with E-state index in [1.807, 2.05) is 36.6 Å². The summed E-state index contributed by atoms with van der Waals surface area (Å²) in [5.74, 6) is 0. The van der Waals surface area contributed by atoms with Gasteiger partial charge in [0.05, 0.1) is 6.20 Å². The average Bonchev–Trinajstić information content (AvgIpc) is 3.04. The zero-order valence-electron chi connectivity index (χ0n) is 11.6. The predicted molar refractivity (Wildman–Crippen MR) is 83.8 cm³/mol. The van der Waals surface area contributed by atoms with Crippen molar-refractivity contribution in [2.75, 3.05) is 0 Å². The summed E-state index contributed by atoms with van der Waals surface area (Å²) in [5, 5.41) is 6.99. The van der Waals surface area contributed by atoms with E-state index in [1.54, 1.807) is 18.4 Å². The molecule has 5 nitrogen and oxygen atoms in total. The van der Waals surface area contributed by atoms with E-state index < -0.39 is 10.0 Å². The molecule has 0 fully saturated rings. The number of aryl methyl sites for hydroxylation is 1. The summed E-state index contributed by atoms with van der Waals surface area (Å²) in [4.78, 5) is 0.177. The Morgan fingerprint density at radius 2 is 2.10 bits per heavy atom. The number of nitrogens with zero attached hydrogens (tertiary/aromatic N) is 2. The Labute approximate surface area is 127 Å². The van der Waals surface area contributed by atoms with Gasteiger partial charge in [-0.15, -0.1) is 11.3 Å². The van der Waals surface area contributed by atoms with Crippen LogP contribution in [0.4, 0.5) is 0 Å². The van der Waals surface area contributed by atoms with E-state index in [2.05, 4.69) is 9.82 Å². The number of hydrogen-bond donors (Lipinski definition) is 1. The lowest BCUT2D eigenvalue weighted by molar-refractivity contribution is 0.567. The molecule has 1 atom stereocenters. The van der Waals surface area contributed by atoms with E-state index in [-0.39, 0.29) is 10.9 Å². The third-order valence-corrected chi connectivity index (χ3v) is 5.78. The van der Waals surface area contributed by atoms with Crippen molar-refractivity contribution in [2.24, 2.45) is 7.05 Å². The molecular formula is C14H15N3O2S2. The van der Waals surface area contributed by atoms with Gasteiger partial charge in [-0.1, -0.05) is 18.2 Å². The number of nitrogens with one attached hydrogen (secondary N) is 1. The van der Waals surface area contributed by atoms with Crippen LogP contribution in [0.3, 0.4) is 0 Å². The Morgan fingerprint density at radius 3 is 2.81 bits per heavy atom. The molecule has 0 bridgehead atoms. The highest BCUT2D eigenvalue weighted by Crippen LogP contribution is 2.30. The minimum atomic E-state index is -3.56. The smallest absolute Gasteiger partial charge is 0.244 e. The first-order valence-electron chi connectivity index (χ1n) is 6.44. The van der Waals surface area contributed by atoms with Crippen molar-refractivity contribution in [3.63, 3.8) is 0 Å². The molecule has 1 N–H and O–H groups in total. The summed E-state index contributed by atoms with van der Waals surface area (Å²) < 4.78 is 30.0. The van der Waals surface area contributed by atoms with Crippen molar-refractivity contribution in [3.05, 3.63) is 47.6 Å². The van der Waals surface area contributed by atoms with Crippen LogP contribution in [0.15, 0.2) is 46.9 Å². The molecule has 0 aliphatic rings. The van der Waals surface area contributed by atoms with Crippen LogP contribution in [0.5, 0.6) is 0 Å². The van der Waals surface area contributed by atoms with E-state index in [1.165, 1.54) is 17.1 Å². The normalized spacial score (nSPS) is 13.6. The van der Waals surface area contributed by atoms with Crippen molar-refractivity contribution in [1.29, 1.82) is 0 Å². The largest absolute Gasteiger partial charge is 0.274 e. The maximum atomic E-state index is 12.3. The van der Waals surface area contributed by atoms with E-state index in [9.17, 15) is 8.42 Å². The number of hydrogen-bond acceptors (Lipinski definition) is 4. The Bertz CT molecular complexity index is 880. The van der Waals surface area contributed by atoms with Gasteiger partial charge in [-0.25, -0.2) is 13.1 Å². The molecule has 0 saturated carbocycles. The van der Waals surface area contributed by atoms with E-state index in [4.69, 9.17) is 0 Å². The summed E-state index contributed by atoms with van der Waals surface area (Å²) in [5.41, 5.74) is 0.989.